The highest BCUT2D eigenvalue weighted by molar-refractivity contribution is 4.97. The van der Waals surface area contributed by atoms with E-state index in [1.165, 1.54) is 0 Å². The van der Waals surface area contributed by atoms with Crippen molar-refractivity contribution in [1.29, 1.82) is 0 Å². The minimum absolute atomic E-state index is 0.103. The summed E-state index contributed by atoms with van der Waals surface area (Å²) >= 11 is 0. The number of unbranched alkanes of at least 4 members (excludes halogenated alkanes) is 1. The van der Waals surface area contributed by atoms with Gasteiger partial charge in [-0.2, -0.15) is 0 Å². The Morgan fingerprint density at radius 2 is 1.17 bits per heavy atom. The predicted octanol–water partition coefficient (Wildman–Crippen LogP) is 9.16. The smallest absolute Gasteiger partial charge is 0.0816 e. The molecular weight excluding hydrogens is 448 g/mol. The quantitative estimate of drug-likeness (QED) is 0.107. The maximum Gasteiger partial charge on any atom is 0.0816 e. The Morgan fingerprint density at radius 3 is 1.67 bits per heavy atom. The van der Waals surface area contributed by atoms with Gasteiger partial charge in [-0.05, 0) is 49.4 Å². The van der Waals surface area contributed by atoms with Gasteiger partial charge < -0.3 is 18.9 Å². The Hall–Kier alpha value is -0.420. The average molecular weight is 513 g/mol. The van der Waals surface area contributed by atoms with E-state index in [0.29, 0.717) is 25.2 Å². The van der Waals surface area contributed by atoms with Crippen LogP contribution in [0.5, 0.6) is 0 Å². The average Bonchev–Trinajstić information content (AvgIpc) is 2.78. The monoisotopic (exact) mass is 512 g/mol. The number of hydrogen-bond donors (Lipinski definition) is 0. The fourth-order valence-corrected chi connectivity index (χ4v) is 3.96. The van der Waals surface area contributed by atoms with Crippen LogP contribution in [0.2, 0.25) is 0 Å². The third-order valence-corrected chi connectivity index (χ3v) is 6.17. The summed E-state index contributed by atoms with van der Waals surface area (Å²) in [6, 6.07) is 0. The van der Waals surface area contributed by atoms with Crippen LogP contribution in [0.15, 0.2) is 12.2 Å². The molecule has 36 heavy (non-hydrogen) atoms. The summed E-state index contributed by atoms with van der Waals surface area (Å²) in [5.41, 5.74) is 0.450. The molecule has 0 aliphatic heterocycles. The second-order valence-corrected chi connectivity index (χ2v) is 12.8. The standard InChI is InChI=1S/C32H64O4/c1-11-15-23-33-24-28(16-12-2)34-25-29(17-13-3)35-26-30(18-14-4)36-27(19-21-31(5,6)7)20-22-32(8,9)10/h19,21,27-30H,11-18,20,22-26H2,1-10H3/b21-19+. The van der Waals surface area contributed by atoms with Crippen LogP contribution in [0.4, 0.5) is 0 Å². The minimum atomic E-state index is 0.103. The van der Waals surface area contributed by atoms with Gasteiger partial charge in [0.1, 0.15) is 0 Å². The summed E-state index contributed by atoms with van der Waals surface area (Å²) in [6.07, 6.45) is 15.8. The van der Waals surface area contributed by atoms with Crippen molar-refractivity contribution in [2.45, 2.75) is 158 Å². The van der Waals surface area contributed by atoms with Crippen molar-refractivity contribution in [1.82, 2.24) is 0 Å². The van der Waals surface area contributed by atoms with Crippen LogP contribution in [0, 0.1) is 10.8 Å². The molecule has 4 heteroatoms. The first-order valence-electron chi connectivity index (χ1n) is 15.1. The summed E-state index contributed by atoms with van der Waals surface area (Å²) in [6.45, 7) is 25.3. The zero-order valence-electron chi connectivity index (χ0n) is 26.0. The van der Waals surface area contributed by atoms with Crippen LogP contribution in [-0.2, 0) is 18.9 Å². The van der Waals surface area contributed by atoms with E-state index in [1.54, 1.807) is 0 Å². The fourth-order valence-electron chi connectivity index (χ4n) is 3.96. The van der Waals surface area contributed by atoms with Gasteiger partial charge in [0.2, 0.25) is 0 Å². The zero-order valence-corrected chi connectivity index (χ0v) is 26.0. The van der Waals surface area contributed by atoms with Crippen molar-refractivity contribution < 1.29 is 18.9 Å². The number of allylic oxidation sites excluding steroid dienone is 1. The van der Waals surface area contributed by atoms with Crippen molar-refractivity contribution in [2.24, 2.45) is 10.8 Å². The lowest BCUT2D eigenvalue weighted by Gasteiger charge is -2.28. The van der Waals surface area contributed by atoms with Gasteiger partial charge >= 0.3 is 0 Å². The lowest BCUT2D eigenvalue weighted by Crippen LogP contribution is -2.32. The maximum absolute atomic E-state index is 6.68. The predicted molar refractivity (Wildman–Crippen MR) is 156 cm³/mol. The molecule has 0 rings (SSSR count). The van der Waals surface area contributed by atoms with Crippen molar-refractivity contribution in [3.63, 3.8) is 0 Å². The fraction of sp³-hybridized carbons (Fsp3) is 0.938. The van der Waals surface area contributed by atoms with Gasteiger partial charge in [-0.1, -0.05) is 107 Å². The second-order valence-electron chi connectivity index (χ2n) is 12.8. The van der Waals surface area contributed by atoms with Gasteiger partial charge in [-0.15, -0.1) is 0 Å². The van der Waals surface area contributed by atoms with Crippen LogP contribution in [-0.4, -0.2) is 50.8 Å². The first-order chi connectivity index (χ1) is 16.9. The molecule has 0 aromatic rings. The van der Waals surface area contributed by atoms with Crippen molar-refractivity contribution in [3.8, 4) is 0 Å². The molecule has 4 atom stereocenters. The van der Waals surface area contributed by atoms with Crippen LogP contribution >= 0.6 is 0 Å². The maximum atomic E-state index is 6.68. The molecule has 0 saturated heterocycles. The molecular formula is C32H64O4. The Morgan fingerprint density at radius 1 is 0.639 bits per heavy atom. The number of hydrogen-bond acceptors (Lipinski definition) is 4. The van der Waals surface area contributed by atoms with Crippen LogP contribution < -0.4 is 0 Å². The third kappa shape index (κ3) is 21.6. The summed E-state index contributed by atoms with van der Waals surface area (Å²) < 4.78 is 25.3. The summed E-state index contributed by atoms with van der Waals surface area (Å²) in [4.78, 5) is 0. The van der Waals surface area contributed by atoms with E-state index in [0.717, 1.165) is 70.8 Å². The Labute approximate surface area is 226 Å². The van der Waals surface area contributed by atoms with Gasteiger partial charge in [0, 0.05) is 6.61 Å². The van der Waals surface area contributed by atoms with E-state index in [2.05, 4.69) is 81.4 Å². The molecule has 0 aliphatic rings. The van der Waals surface area contributed by atoms with Crippen LogP contribution in [0.3, 0.4) is 0 Å². The Kier molecular flexibility index (Phi) is 20.3. The molecule has 0 fully saturated rings. The molecule has 0 bridgehead atoms. The van der Waals surface area contributed by atoms with Gasteiger partial charge in [-0.3, -0.25) is 0 Å². The SMILES string of the molecule is CCCCOCC(CCC)OCC(CCC)OCC(CCC)OC(/C=C/C(C)(C)C)CCC(C)(C)C. The number of ether oxygens (including phenoxy) is 4. The summed E-state index contributed by atoms with van der Waals surface area (Å²) in [5, 5.41) is 0. The largest absolute Gasteiger partial charge is 0.379 e. The molecule has 0 aliphatic carbocycles. The topological polar surface area (TPSA) is 36.9 Å². The third-order valence-electron chi connectivity index (χ3n) is 6.17. The van der Waals surface area contributed by atoms with Gasteiger partial charge in [0.05, 0.1) is 44.2 Å². The van der Waals surface area contributed by atoms with Gasteiger partial charge in [0.25, 0.3) is 0 Å². The molecule has 0 aromatic carbocycles. The van der Waals surface area contributed by atoms with Crippen molar-refractivity contribution in [2.75, 3.05) is 26.4 Å². The number of rotatable bonds is 22. The highest BCUT2D eigenvalue weighted by Crippen LogP contribution is 2.25. The summed E-state index contributed by atoms with van der Waals surface area (Å²) in [5.74, 6) is 0. The molecule has 216 valence electrons. The molecule has 0 heterocycles. The lowest BCUT2D eigenvalue weighted by atomic mass is 9.88. The van der Waals surface area contributed by atoms with Crippen molar-refractivity contribution in [3.05, 3.63) is 12.2 Å². The van der Waals surface area contributed by atoms with Gasteiger partial charge in [0.15, 0.2) is 0 Å². The van der Waals surface area contributed by atoms with E-state index in [9.17, 15) is 0 Å². The molecule has 0 amide bonds. The molecule has 0 aromatic heterocycles. The van der Waals surface area contributed by atoms with E-state index < -0.39 is 0 Å². The molecule has 4 nitrogen and oxygen atoms in total. The first-order valence-corrected chi connectivity index (χ1v) is 15.1. The van der Waals surface area contributed by atoms with Crippen LogP contribution in [0.1, 0.15) is 133 Å². The Balaban J connectivity index is 5.04. The van der Waals surface area contributed by atoms with E-state index in [1.807, 2.05) is 0 Å². The molecule has 0 radical (unpaired) electrons. The van der Waals surface area contributed by atoms with Crippen molar-refractivity contribution >= 4 is 0 Å². The lowest BCUT2D eigenvalue weighted by molar-refractivity contribution is -0.105. The molecule has 4 unspecified atom stereocenters. The highest BCUT2D eigenvalue weighted by atomic mass is 16.6. The van der Waals surface area contributed by atoms with E-state index in [-0.39, 0.29) is 29.8 Å². The highest BCUT2D eigenvalue weighted by Gasteiger charge is 2.21. The van der Waals surface area contributed by atoms with E-state index >= 15 is 0 Å². The zero-order chi connectivity index (χ0) is 27.5. The van der Waals surface area contributed by atoms with Gasteiger partial charge in [-0.25, -0.2) is 0 Å². The Bertz CT molecular complexity index is 517. The molecule has 0 N–H and O–H groups in total. The first kappa shape index (κ1) is 35.6. The summed E-state index contributed by atoms with van der Waals surface area (Å²) in [7, 11) is 0. The van der Waals surface area contributed by atoms with E-state index in [4.69, 9.17) is 18.9 Å². The second kappa shape index (κ2) is 20.5. The normalized spacial score (nSPS) is 16.4. The molecule has 0 saturated carbocycles. The molecule has 0 spiro atoms. The minimum Gasteiger partial charge on any atom is -0.379 e. The van der Waals surface area contributed by atoms with Crippen LogP contribution in [0.25, 0.3) is 0 Å².